The Kier molecular flexibility index (Phi) is 26.3. The Balaban J connectivity index is 3.44. The predicted octanol–water partition coefficient (Wildman–Crippen LogP) is 5.57. The van der Waals surface area contributed by atoms with Crippen LogP contribution in [0.1, 0.15) is 148 Å². The normalized spacial score (nSPS) is 14.9. The predicted molar refractivity (Wildman–Crippen MR) is 149 cm³/mol. The van der Waals surface area contributed by atoms with E-state index in [-0.39, 0.29) is 6.42 Å². The number of hydrogen-bond donors (Lipinski definition) is 5. The van der Waals surface area contributed by atoms with Gasteiger partial charge in [0.25, 0.3) is 0 Å². The van der Waals surface area contributed by atoms with E-state index in [9.17, 15) is 25.2 Å². The van der Waals surface area contributed by atoms with E-state index in [1.165, 1.54) is 109 Å². The largest absolute Gasteiger partial charge is 0.457 e. The van der Waals surface area contributed by atoms with Gasteiger partial charge in [0.15, 0.2) is 6.10 Å². The maximum Gasteiger partial charge on any atom is 0.306 e. The van der Waals surface area contributed by atoms with Crippen LogP contribution in [0.2, 0.25) is 0 Å². The van der Waals surface area contributed by atoms with E-state index >= 15 is 0 Å². The van der Waals surface area contributed by atoms with Crippen LogP contribution in [0.25, 0.3) is 0 Å². The van der Waals surface area contributed by atoms with Crippen molar-refractivity contribution < 1.29 is 35.1 Å². The van der Waals surface area contributed by atoms with Crippen molar-refractivity contribution in [3.63, 3.8) is 0 Å². The molecule has 0 aromatic carbocycles. The fourth-order valence-corrected chi connectivity index (χ4v) is 4.70. The Hall–Kier alpha value is -0.730. The lowest BCUT2D eigenvalue weighted by Crippen LogP contribution is -2.48. The molecule has 5 N–H and O–H groups in total. The van der Waals surface area contributed by atoms with Crippen molar-refractivity contribution in [1.82, 2.24) is 0 Å². The lowest BCUT2D eigenvalue weighted by Gasteiger charge is -2.27. The van der Waals surface area contributed by atoms with Gasteiger partial charge in [-0.1, -0.05) is 135 Å². The SMILES string of the molecule is CCCCCCCCCCCCCCCCCCCCCCCC(=O)O[C@@H](CO)[C@H](O)[C@@H](O)[C@@H](O)CO. The second-order valence-electron chi connectivity index (χ2n) is 10.8. The molecule has 37 heavy (non-hydrogen) atoms. The lowest BCUT2D eigenvalue weighted by molar-refractivity contribution is -0.171. The van der Waals surface area contributed by atoms with Gasteiger partial charge in [-0.25, -0.2) is 0 Å². The Labute approximate surface area is 227 Å². The molecule has 0 aliphatic heterocycles. The molecule has 0 bridgehead atoms. The first-order chi connectivity index (χ1) is 18.0. The van der Waals surface area contributed by atoms with Crippen LogP contribution in [0.5, 0.6) is 0 Å². The van der Waals surface area contributed by atoms with Crippen molar-refractivity contribution in [3.05, 3.63) is 0 Å². The third-order valence-corrected chi connectivity index (χ3v) is 7.26. The summed E-state index contributed by atoms with van der Waals surface area (Å²) in [5.74, 6) is -0.554. The molecule has 0 aliphatic carbocycles. The van der Waals surface area contributed by atoms with Crippen molar-refractivity contribution in [3.8, 4) is 0 Å². The fourth-order valence-electron chi connectivity index (χ4n) is 4.70. The van der Waals surface area contributed by atoms with Crippen LogP contribution in [-0.4, -0.2) is 69.1 Å². The van der Waals surface area contributed by atoms with Crippen molar-refractivity contribution in [1.29, 1.82) is 0 Å². The van der Waals surface area contributed by atoms with Gasteiger partial charge in [0.1, 0.15) is 18.3 Å². The van der Waals surface area contributed by atoms with Gasteiger partial charge in [-0.05, 0) is 6.42 Å². The molecule has 0 heterocycles. The second kappa shape index (κ2) is 26.9. The Morgan fingerprint density at radius 3 is 1.22 bits per heavy atom. The van der Waals surface area contributed by atoms with Gasteiger partial charge in [-0.15, -0.1) is 0 Å². The van der Waals surface area contributed by atoms with Crippen LogP contribution in [0.4, 0.5) is 0 Å². The van der Waals surface area contributed by atoms with Crippen LogP contribution in [-0.2, 0) is 9.53 Å². The van der Waals surface area contributed by atoms with E-state index in [4.69, 9.17) is 9.84 Å². The minimum atomic E-state index is -1.71. The zero-order valence-electron chi connectivity index (χ0n) is 23.8. The number of aliphatic hydroxyl groups excluding tert-OH is 5. The Bertz CT molecular complexity index is 489. The molecule has 0 aromatic rings. The third-order valence-electron chi connectivity index (χ3n) is 7.26. The summed E-state index contributed by atoms with van der Waals surface area (Å²) in [7, 11) is 0. The highest BCUT2D eigenvalue weighted by molar-refractivity contribution is 5.69. The van der Waals surface area contributed by atoms with E-state index in [0.29, 0.717) is 6.42 Å². The number of unbranched alkanes of at least 4 members (excludes halogenated alkanes) is 20. The minimum absolute atomic E-state index is 0.181. The Morgan fingerprint density at radius 2 is 0.892 bits per heavy atom. The number of ether oxygens (including phenoxy) is 1. The molecule has 7 heteroatoms. The number of rotatable bonds is 28. The summed E-state index contributed by atoms with van der Waals surface area (Å²) < 4.78 is 5.03. The van der Waals surface area contributed by atoms with Crippen molar-refractivity contribution in [2.75, 3.05) is 13.2 Å². The molecular formula is C30H60O7. The highest BCUT2D eigenvalue weighted by atomic mass is 16.6. The van der Waals surface area contributed by atoms with Crippen LogP contribution in [0, 0.1) is 0 Å². The highest BCUT2D eigenvalue weighted by Crippen LogP contribution is 2.16. The van der Waals surface area contributed by atoms with Crippen LogP contribution in [0.3, 0.4) is 0 Å². The van der Waals surface area contributed by atoms with E-state index < -0.39 is 43.6 Å². The summed E-state index contributed by atoms with van der Waals surface area (Å²) >= 11 is 0. The van der Waals surface area contributed by atoms with Gasteiger partial charge >= 0.3 is 5.97 Å². The molecule has 0 fully saturated rings. The number of hydrogen-bond acceptors (Lipinski definition) is 7. The molecule has 0 saturated carbocycles. The molecule has 0 saturated heterocycles. The van der Waals surface area contributed by atoms with Gasteiger partial charge in [-0.2, -0.15) is 0 Å². The van der Waals surface area contributed by atoms with Gasteiger partial charge in [-0.3, -0.25) is 4.79 Å². The van der Waals surface area contributed by atoms with Crippen LogP contribution < -0.4 is 0 Å². The first-order valence-electron chi connectivity index (χ1n) is 15.4. The first-order valence-corrected chi connectivity index (χ1v) is 15.4. The summed E-state index contributed by atoms with van der Waals surface area (Å²) in [5, 5.41) is 47.1. The number of esters is 1. The zero-order chi connectivity index (χ0) is 27.6. The lowest BCUT2D eigenvalue weighted by atomic mass is 10.0. The average molecular weight is 533 g/mol. The molecule has 0 unspecified atom stereocenters. The molecule has 7 nitrogen and oxygen atoms in total. The molecule has 0 aromatic heterocycles. The third kappa shape index (κ3) is 21.8. The van der Waals surface area contributed by atoms with Crippen LogP contribution in [0.15, 0.2) is 0 Å². The smallest absolute Gasteiger partial charge is 0.306 e. The Morgan fingerprint density at radius 1 is 0.541 bits per heavy atom. The van der Waals surface area contributed by atoms with Crippen LogP contribution >= 0.6 is 0 Å². The molecule has 0 aliphatic rings. The molecule has 0 spiro atoms. The van der Waals surface area contributed by atoms with Crippen molar-refractivity contribution >= 4 is 5.97 Å². The average Bonchev–Trinajstić information content (AvgIpc) is 2.91. The zero-order valence-corrected chi connectivity index (χ0v) is 23.8. The summed E-state index contributed by atoms with van der Waals surface area (Å²) in [6.07, 6.45) is 21.1. The first kappa shape index (κ1) is 36.3. The summed E-state index contributed by atoms with van der Waals surface area (Å²) in [6.45, 7) is 0.847. The maximum atomic E-state index is 11.9. The molecular weight excluding hydrogens is 472 g/mol. The molecule has 0 radical (unpaired) electrons. The minimum Gasteiger partial charge on any atom is -0.457 e. The van der Waals surface area contributed by atoms with E-state index in [0.717, 1.165) is 19.3 Å². The molecule has 222 valence electrons. The maximum absolute atomic E-state index is 11.9. The standard InChI is InChI=1S/C30H60O7/c1-2-3-4-5-6-7-8-9-10-11-12-13-14-15-16-17-18-19-20-21-22-23-28(34)37-27(25-32)30(36)29(35)26(33)24-31/h26-27,29-33,35-36H,2-25H2,1H3/t26-,27-,29-,30-/m0/s1. The van der Waals surface area contributed by atoms with Gasteiger partial charge in [0.2, 0.25) is 0 Å². The van der Waals surface area contributed by atoms with E-state index in [2.05, 4.69) is 6.92 Å². The topological polar surface area (TPSA) is 127 Å². The van der Waals surface area contributed by atoms with E-state index in [1.54, 1.807) is 0 Å². The van der Waals surface area contributed by atoms with E-state index in [1.807, 2.05) is 0 Å². The van der Waals surface area contributed by atoms with Gasteiger partial charge in [0.05, 0.1) is 13.2 Å². The molecule has 4 atom stereocenters. The number of carbonyl (C=O) groups is 1. The van der Waals surface area contributed by atoms with Crippen molar-refractivity contribution in [2.45, 2.75) is 173 Å². The van der Waals surface area contributed by atoms with Gasteiger partial charge < -0.3 is 30.3 Å². The monoisotopic (exact) mass is 532 g/mol. The summed E-state index contributed by atoms with van der Waals surface area (Å²) in [5.41, 5.74) is 0. The fraction of sp³-hybridized carbons (Fsp3) is 0.967. The van der Waals surface area contributed by atoms with Crippen molar-refractivity contribution in [2.24, 2.45) is 0 Å². The van der Waals surface area contributed by atoms with Gasteiger partial charge in [0, 0.05) is 6.42 Å². The summed E-state index contributed by atoms with van der Waals surface area (Å²) in [6, 6.07) is 0. The quantitative estimate of drug-likeness (QED) is 0.0658. The second-order valence-corrected chi connectivity index (χ2v) is 10.8. The number of carbonyl (C=O) groups excluding carboxylic acids is 1. The molecule has 0 amide bonds. The number of aliphatic hydroxyl groups is 5. The summed E-state index contributed by atoms with van der Waals surface area (Å²) in [4.78, 5) is 11.9. The molecule has 0 rings (SSSR count). The highest BCUT2D eigenvalue weighted by Gasteiger charge is 2.33.